The first kappa shape index (κ1) is 22.9. The van der Waals surface area contributed by atoms with Gasteiger partial charge in [-0.3, -0.25) is 10.1 Å². The van der Waals surface area contributed by atoms with Gasteiger partial charge in [0.2, 0.25) is 17.8 Å². The highest BCUT2D eigenvalue weighted by Crippen LogP contribution is 2.22. The van der Waals surface area contributed by atoms with Crippen LogP contribution in [0, 0.1) is 10.1 Å². The zero-order valence-electron chi connectivity index (χ0n) is 18.4. The molecule has 1 aromatic heterocycles. The van der Waals surface area contributed by atoms with Crippen LogP contribution in [0.5, 0.6) is 11.5 Å². The van der Waals surface area contributed by atoms with Crippen molar-refractivity contribution < 1.29 is 14.8 Å². The molecule has 3 aromatic carbocycles. The van der Waals surface area contributed by atoms with E-state index < -0.39 is 4.92 Å². The van der Waals surface area contributed by atoms with Crippen LogP contribution in [0.2, 0.25) is 0 Å². The maximum Gasteiger partial charge on any atom is 0.269 e. The molecule has 0 aliphatic carbocycles. The fourth-order valence-electron chi connectivity index (χ4n) is 2.86. The number of aromatic hydroxyl groups is 1. The molecule has 0 fully saturated rings. The molecule has 0 radical (unpaired) electrons. The summed E-state index contributed by atoms with van der Waals surface area (Å²) in [4.78, 5) is 23.4. The SMILES string of the molecule is COc1ccc(Nc2nc(N/N=C/c3ccc(O)cc3)nc(Nc3ccc([N+](=O)[O-])cc3)n2)cc1. The first-order valence-electron chi connectivity index (χ1n) is 10.3. The summed E-state index contributed by atoms with van der Waals surface area (Å²) in [6.07, 6.45) is 1.54. The standard InChI is InChI=1S/C23H20N8O4/c1-35-20-12-6-17(7-13-20)26-22-27-21(25-16-4-8-18(9-5-16)31(33)34)28-23(29-22)30-24-14-15-2-10-19(32)11-3-15/h2-14,32H,1H3,(H3,25,26,27,28,29,30)/b24-14+. The van der Waals surface area contributed by atoms with Crippen LogP contribution >= 0.6 is 0 Å². The Morgan fingerprint density at radius 1 is 0.857 bits per heavy atom. The molecular formula is C23H20N8O4. The maximum atomic E-state index is 10.9. The molecule has 0 unspecified atom stereocenters. The van der Waals surface area contributed by atoms with Crippen LogP contribution in [0.1, 0.15) is 5.56 Å². The summed E-state index contributed by atoms with van der Waals surface area (Å²) in [5, 5.41) is 30.5. The lowest BCUT2D eigenvalue weighted by Gasteiger charge is -2.10. The molecule has 0 amide bonds. The number of ether oxygens (including phenoxy) is 1. The number of phenolic OH excluding ortho intramolecular Hbond substituents is 1. The molecule has 12 heteroatoms. The zero-order chi connectivity index (χ0) is 24.6. The minimum Gasteiger partial charge on any atom is -0.508 e. The fraction of sp³-hybridized carbons (Fsp3) is 0.0435. The third kappa shape index (κ3) is 6.38. The number of anilines is 5. The summed E-state index contributed by atoms with van der Waals surface area (Å²) in [5.41, 5.74) is 4.75. The molecule has 0 bridgehead atoms. The van der Waals surface area contributed by atoms with E-state index in [9.17, 15) is 15.2 Å². The van der Waals surface area contributed by atoms with E-state index in [2.05, 4.69) is 36.1 Å². The molecule has 4 rings (SSSR count). The summed E-state index contributed by atoms with van der Waals surface area (Å²) in [7, 11) is 1.58. The Morgan fingerprint density at radius 2 is 1.40 bits per heavy atom. The molecule has 4 N–H and O–H groups in total. The summed E-state index contributed by atoms with van der Waals surface area (Å²) in [6.45, 7) is 0. The summed E-state index contributed by atoms with van der Waals surface area (Å²) in [6, 6.07) is 19.6. The molecule has 12 nitrogen and oxygen atoms in total. The number of phenols is 1. The Labute approximate surface area is 199 Å². The van der Waals surface area contributed by atoms with E-state index in [1.165, 1.54) is 12.1 Å². The second kappa shape index (κ2) is 10.6. The van der Waals surface area contributed by atoms with E-state index in [-0.39, 0.29) is 29.3 Å². The molecule has 35 heavy (non-hydrogen) atoms. The van der Waals surface area contributed by atoms with Gasteiger partial charge in [-0.15, -0.1) is 0 Å². The summed E-state index contributed by atoms with van der Waals surface area (Å²) >= 11 is 0. The van der Waals surface area contributed by atoms with E-state index in [1.54, 1.807) is 61.9 Å². The molecule has 1 heterocycles. The van der Waals surface area contributed by atoms with Crippen molar-refractivity contribution in [3.05, 3.63) is 88.5 Å². The number of non-ortho nitro benzene ring substituents is 1. The highest BCUT2D eigenvalue weighted by atomic mass is 16.6. The number of hydrogen-bond acceptors (Lipinski definition) is 11. The third-order valence-corrected chi connectivity index (χ3v) is 4.59. The first-order chi connectivity index (χ1) is 17.0. The number of nitrogens with zero attached hydrogens (tertiary/aromatic N) is 5. The van der Waals surface area contributed by atoms with Gasteiger partial charge in [-0.25, -0.2) is 5.43 Å². The van der Waals surface area contributed by atoms with E-state index in [0.717, 1.165) is 11.3 Å². The van der Waals surface area contributed by atoms with Crippen LogP contribution in [-0.2, 0) is 0 Å². The van der Waals surface area contributed by atoms with Gasteiger partial charge in [0.25, 0.3) is 5.69 Å². The predicted molar refractivity (Wildman–Crippen MR) is 132 cm³/mol. The second-order valence-electron chi connectivity index (χ2n) is 7.05. The van der Waals surface area contributed by atoms with E-state index in [4.69, 9.17) is 4.74 Å². The number of methoxy groups -OCH3 is 1. The average molecular weight is 472 g/mol. The van der Waals surface area contributed by atoms with E-state index in [1.807, 2.05) is 12.1 Å². The number of aromatic nitrogens is 3. The Balaban J connectivity index is 1.57. The lowest BCUT2D eigenvalue weighted by molar-refractivity contribution is -0.384. The minimum atomic E-state index is -0.474. The van der Waals surface area contributed by atoms with Gasteiger partial charge in [0.15, 0.2) is 0 Å². The van der Waals surface area contributed by atoms with Crippen molar-refractivity contribution in [3.63, 3.8) is 0 Å². The molecule has 0 aliphatic rings. The highest BCUT2D eigenvalue weighted by molar-refractivity contribution is 5.80. The predicted octanol–water partition coefficient (Wildman–Crippen LogP) is 4.43. The molecular weight excluding hydrogens is 452 g/mol. The van der Waals surface area contributed by atoms with Crippen LogP contribution in [0.25, 0.3) is 0 Å². The maximum absolute atomic E-state index is 10.9. The van der Waals surface area contributed by atoms with Crippen molar-refractivity contribution >= 4 is 41.1 Å². The highest BCUT2D eigenvalue weighted by Gasteiger charge is 2.09. The van der Waals surface area contributed by atoms with Gasteiger partial charge in [-0.05, 0) is 66.2 Å². The zero-order valence-corrected chi connectivity index (χ0v) is 18.4. The van der Waals surface area contributed by atoms with Crippen molar-refractivity contribution in [1.82, 2.24) is 15.0 Å². The Kier molecular flexibility index (Phi) is 6.92. The number of hydrogen-bond donors (Lipinski definition) is 4. The van der Waals surface area contributed by atoms with Gasteiger partial charge in [0.05, 0.1) is 18.2 Å². The summed E-state index contributed by atoms with van der Waals surface area (Å²) in [5.74, 6) is 1.43. The van der Waals surface area contributed by atoms with Crippen molar-refractivity contribution in [2.45, 2.75) is 0 Å². The molecule has 0 atom stereocenters. The third-order valence-electron chi connectivity index (χ3n) is 4.59. The average Bonchev–Trinajstić information content (AvgIpc) is 2.86. The van der Waals surface area contributed by atoms with Gasteiger partial charge >= 0.3 is 0 Å². The van der Waals surface area contributed by atoms with Crippen molar-refractivity contribution in [1.29, 1.82) is 0 Å². The number of nitro benzene ring substituents is 1. The van der Waals surface area contributed by atoms with Crippen LogP contribution < -0.4 is 20.8 Å². The number of nitro groups is 1. The van der Waals surface area contributed by atoms with Gasteiger partial charge in [0, 0.05) is 23.5 Å². The van der Waals surface area contributed by atoms with Crippen LogP contribution in [0.15, 0.2) is 77.9 Å². The van der Waals surface area contributed by atoms with Gasteiger partial charge in [-0.2, -0.15) is 20.1 Å². The van der Waals surface area contributed by atoms with Crippen molar-refractivity contribution in [2.24, 2.45) is 5.10 Å². The Morgan fingerprint density at radius 3 is 1.94 bits per heavy atom. The van der Waals surface area contributed by atoms with Crippen molar-refractivity contribution in [3.8, 4) is 11.5 Å². The van der Waals surface area contributed by atoms with Crippen molar-refractivity contribution in [2.75, 3.05) is 23.2 Å². The normalized spacial score (nSPS) is 10.7. The minimum absolute atomic E-state index is 0.0287. The lowest BCUT2D eigenvalue weighted by atomic mass is 10.2. The van der Waals surface area contributed by atoms with Gasteiger partial charge < -0.3 is 20.5 Å². The fourth-order valence-corrected chi connectivity index (χ4v) is 2.86. The molecule has 0 aliphatic heterocycles. The topological polar surface area (TPSA) is 160 Å². The molecule has 4 aromatic rings. The van der Waals surface area contributed by atoms with Crippen LogP contribution in [0.3, 0.4) is 0 Å². The molecule has 0 spiro atoms. The Hall–Kier alpha value is -5.26. The number of rotatable bonds is 9. The number of hydrazone groups is 1. The number of nitrogens with one attached hydrogen (secondary N) is 3. The van der Waals surface area contributed by atoms with Gasteiger partial charge in [-0.1, -0.05) is 0 Å². The lowest BCUT2D eigenvalue weighted by Crippen LogP contribution is -2.07. The van der Waals surface area contributed by atoms with E-state index >= 15 is 0 Å². The van der Waals surface area contributed by atoms with Crippen LogP contribution in [0.4, 0.5) is 34.9 Å². The summed E-state index contributed by atoms with van der Waals surface area (Å²) < 4.78 is 5.17. The monoisotopic (exact) mass is 472 g/mol. The largest absolute Gasteiger partial charge is 0.508 e. The van der Waals surface area contributed by atoms with Gasteiger partial charge in [0.1, 0.15) is 11.5 Å². The molecule has 0 saturated carbocycles. The molecule has 176 valence electrons. The second-order valence-corrected chi connectivity index (χ2v) is 7.05. The van der Waals surface area contributed by atoms with E-state index in [0.29, 0.717) is 11.4 Å². The Bertz CT molecular complexity index is 1330. The number of benzene rings is 3. The first-order valence-corrected chi connectivity index (χ1v) is 10.3. The van der Waals surface area contributed by atoms with Crippen LogP contribution in [-0.4, -0.2) is 38.3 Å². The smallest absolute Gasteiger partial charge is 0.269 e. The quantitative estimate of drug-likeness (QED) is 0.156. The molecule has 0 saturated heterocycles.